The second-order valence-corrected chi connectivity index (χ2v) is 5.27. The first-order chi connectivity index (χ1) is 7.76. The van der Waals surface area contributed by atoms with E-state index in [0.29, 0.717) is 6.10 Å². The van der Waals surface area contributed by atoms with Crippen LogP contribution in [-0.2, 0) is 4.74 Å². The van der Waals surface area contributed by atoms with Gasteiger partial charge in [0.05, 0.1) is 6.10 Å². The van der Waals surface area contributed by atoms with Crippen LogP contribution < -0.4 is 5.32 Å². The van der Waals surface area contributed by atoms with Crippen molar-refractivity contribution in [2.75, 3.05) is 13.2 Å². The standard InChI is InChI=1S/C14H29NO/c1-4-10-15-13-6-8-14(9-7-13)16-11-12(3)5-2/h12-15H,4-11H2,1-3H3. The molecule has 0 amide bonds. The monoisotopic (exact) mass is 227 g/mol. The maximum Gasteiger partial charge on any atom is 0.0576 e. The van der Waals surface area contributed by atoms with E-state index in [1.807, 2.05) is 0 Å². The fourth-order valence-corrected chi connectivity index (χ4v) is 2.20. The molecule has 0 heterocycles. The van der Waals surface area contributed by atoms with Gasteiger partial charge in [0.1, 0.15) is 0 Å². The highest BCUT2D eigenvalue weighted by atomic mass is 16.5. The van der Waals surface area contributed by atoms with Crippen molar-refractivity contribution in [1.82, 2.24) is 5.32 Å². The summed E-state index contributed by atoms with van der Waals surface area (Å²) in [5, 5.41) is 3.61. The summed E-state index contributed by atoms with van der Waals surface area (Å²) < 4.78 is 5.96. The van der Waals surface area contributed by atoms with Crippen LogP contribution in [-0.4, -0.2) is 25.3 Å². The van der Waals surface area contributed by atoms with Gasteiger partial charge in [0.15, 0.2) is 0 Å². The molecule has 1 atom stereocenters. The highest BCUT2D eigenvalue weighted by molar-refractivity contribution is 4.77. The fourth-order valence-electron chi connectivity index (χ4n) is 2.20. The topological polar surface area (TPSA) is 21.3 Å². The average molecular weight is 227 g/mol. The van der Waals surface area contributed by atoms with E-state index in [2.05, 4.69) is 26.1 Å². The van der Waals surface area contributed by atoms with Gasteiger partial charge in [-0.15, -0.1) is 0 Å². The third-order valence-electron chi connectivity index (χ3n) is 3.67. The molecule has 0 radical (unpaired) electrons. The third-order valence-corrected chi connectivity index (χ3v) is 3.67. The average Bonchev–Trinajstić information content (AvgIpc) is 2.34. The Kier molecular flexibility index (Phi) is 7.06. The summed E-state index contributed by atoms with van der Waals surface area (Å²) in [6.07, 6.45) is 8.10. The van der Waals surface area contributed by atoms with E-state index in [-0.39, 0.29) is 0 Å². The van der Waals surface area contributed by atoms with E-state index in [9.17, 15) is 0 Å². The normalized spacial score (nSPS) is 27.9. The van der Waals surface area contributed by atoms with Gasteiger partial charge < -0.3 is 10.1 Å². The SMILES string of the molecule is CCCNC1CCC(OCC(C)CC)CC1. The predicted octanol–water partition coefficient (Wildman–Crippen LogP) is 3.36. The second kappa shape index (κ2) is 8.08. The molecule has 1 aliphatic carbocycles. The van der Waals surface area contributed by atoms with Crippen molar-refractivity contribution >= 4 is 0 Å². The first-order valence-corrected chi connectivity index (χ1v) is 7.11. The number of hydrogen-bond acceptors (Lipinski definition) is 2. The minimum Gasteiger partial charge on any atom is -0.378 e. The van der Waals surface area contributed by atoms with E-state index in [0.717, 1.165) is 18.6 Å². The summed E-state index contributed by atoms with van der Waals surface area (Å²) in [5.41, 5.74) is 0. The Bertz CT molecular complexity index is 164. The number of rotatable bonds is 7. The molecular weight excluding hydrogens is 198 g/mol. The van der Waals surface area contributed by atoms with Gasteiger partial charge in [-0.25, -0.2) is 0 Å². The zero-order valence-corrected chi connectivity index (χ0v) is 11.3. The molecule has 1 rings (SSSR count). The van der Waals surface area contributed by atoms with E-state index >= 15 is 0 Å². The van der Waals surface area contributed by atoms with Gasteiger partial charge in [-0.1, -0.05) is 27.2 Å². The zero-order chi connectivity index (χ0) is 11.8. The molecule has 0 bridgehead atoms. The number of ether oxygens (including phenoxy) is 1. The molecule has 96 valence electrons. The largest absolute Gasteiger partial charge is 0.378 e. The molecule has 0 aliphatic heterocycles. The summed E-state index contributed by atoms with van der Waals surface area (Å²) in [5.74, 6) is 0.718. The molecule has 0 aromatic carbocycles. The van der Waals surface area contributed by atoms with Crippen LogP contribution in [0.4, 0.5) is 0 Å². The second-order valence-electron chi connectivity index (χ2n) is 5.27. The van der Waals surface area contributed by atoms with Crippen molar-refractivity contribution in [3.05, 3.63) is 0 Å². The molecule has 1 aliphatic rings. The molecule has 0 aromatic heterocycles. The maximum atomic E-state index is 5.96. The Morgan fingerprint density at radius 1 is 1.19 bits per heavy atom. The smallest absolute Gasteiger partial charge is 0.0576 e. The van der Waals surface area contributed by atoms with Crippen molar-refractivity contribution < 1.29 is 4.74 Å². The van der Waals surface area contributed by atoms with Gasteiger partial charge in [0.25, 0.3) is 0 Å². The summed E-state index contributed by atoms with van der Waals surface area (Å²) in [7, 11) is 0. The van der Waals surface area contributed by atoms with Crippen molar-refractivity contribution in [3.63, 3.8) is 0 Å². The van der Waals surface area contributed by atoms with E-state index in [4.69, 9.17) is 4.74 Å². The Morgan fingerprint density at radius 2 is 1.88 bits per heavy atom. The van der Waals surface area contributed by atoms with Crippen molar-refractivity contribution in [2.24, 2.45) is 5.92 Å². The predicted molar refractivity (Wildman–Crippen MR) is 69.7 cm³/mol. The maximum absolute atomic E-state index is 5.96. The number of nitrogens with one attached hydrogen (secondary N) is 1. The van der Waals surface area contributed by atoms with Crippen LogP contribution in [0, 0.1) is 5.92 Å². The van der Waals surface area contributed by atoms with Crippen molar-refractivity contribution in [1.29, 1.82) is 0 Å². The highest BCUT2D eigenvalue weighted by Crippen LogP contribution is 2.22. The van der Waals surface area contributed by atoms with Gasteiger partial charge >= 0.3 is 0 Å². The van der Waals surface area contributed by atoms with E-state index in [1.54, 1.807) is 0 Å². The molecule has 1 fully saturated rings. The molecule has 1 unspecified atom stereocenters. The van der Waals surface area contributed by atoms with Crippen molar-refractivity contribution in [2.45, 2.75) is 71.4 Å². The molecule has 0 aromatic rings. The van der Waals surface area contributed by atoms with Crippen LogP contribution in [0.15, 0.2) is 0 Å². The Labute approximate surface area is 101 Å². The van der Waals surface area contributed by atoms with Gasteiger partial charge in [0, 0.05) is 12.6 Å². The minimum atomic E-state index is 0.536. The molecular formula is C14H29NO. The lowest BCUT2D eigenvalue weighted by Gasteiger charge is -2.29. The zero-order valence-electron chi connectivity index (χ0n) is 11.3. The Morgan fingerprint density at radius 3 is 2.44 bits per heavy atom. The van der Waals surface area contributed by atoms with E-state index in [1.165, 1.54) is 45.1 Å². The highest BCUT2D eigenvalue weighted by Gasteiger charge is 2.21. The van der Waals surface area contributed by atoms with Crippen molar-refractivity contribution in [3.8, 4) is 0 Å². The molecule has 1 N–H and O–H groups in total. The first-order valence-electron chi connectivity index (χ1n) is 7.11. The summed E-state index contributed by atoms with van der Waals surface area (Å²) >= 11 is 0. The van der Waals surface area contributed by atoms with Gasteiger partial charge in [0.2, 0.25) is 0 Å². The van der Waals surface area contributed by atoms with Crippen LogP contribution >= 0.6 is 0 Å². The lowest BCUT2D eigenvalue weighted by atomic mass is 9.93. The van der Waals surface area contributed by atoms with Crippen LogP contribution in [0.2, 0.25) is 0 Å². The third kappa shape index (κ3) is 5.31. The lowest BCUT2D eigenvalue weighted by Crippen LogP contribution is -2.36. The van der Waals surface area contributed by atoms with Crippen LogP contribution in [0.25, 0.3) is 0 Å². The molecule has 0 saturated heterocycles. The molecule has 16 heavy (non-hydrogen) atoms. The molecule has 0 spiro atoms. The summed E-state index contributed by atoms with van der Waals surface area (Å²) in [6.45, 7) is 8.86. The van der Waals surface area contributed by atoms with Crippen LogP contribution in [0.5, 0.6) is 0 Å². The molecule has 2 heteroatoms. The summed E-state index contributed by atoms with van der Waals surface area (Å²) in [6, 6.07) is 0.753. The van der Waals surface area contributed by atoms with Gasteiger partial charge in [-0.2, -0.15) is 0 Å². The Balaban J connectivity index is 2.07. The van der Waals surface area contributed by atoms with Crippen LogP contribution in [0.1, 0.15) is 59.3 Å². The van der Waals surface area contributed by atoms with Gasteiger partial charge in [-0.05, 0) is 44.6 Å². The number of hydrogen-bond donors (Lipinski definition) is 1. The minimum absolute atomic E-state index is 0.536. The van der Waals surface area contributed by atoms with Crippen LogP contribution in [0.3, 0.4) is 0 Å². The summed E-state index contributed by atoms with van der Waals surface area (Å²) in [4.78, 5) is 0. The Hall–Kier alpha value is -0.0800. The quantitative estimate of drug-likeness (QED) is 0.720. The van der Waals surface area contributed by atoms with Gasteiger partial charge in [-0.3, -0.25) is 0 Å². The first kappa shape index (κ1) is 14.0. The van der Waals surface area contributed by atoms with E-state index < -0.39 is 0 Å². The molecule has 1 saturated carbocycles. The molecule has 2 nitrogen and oxygen atoms in total. The fraction of sp³-hybridized carbons (Fsp3) is 1.00. The lowest BCUT2D eigenvalue weighted by molar-refractivity contribution is 0.00531.